The molecule has 0 aromatic heterocycles. The molecule has 2 N–H and O–H groups in total. The van der Waals surface area contributed by atoms with E-state index in [1.165, 1.54) is 0 Å². The predicted octanol–water partition coefficient (Wildman–Crippen LogP) is 1.63. The summed E-state index contributed by atoms with van der Waals surface area (Å²) in [5, 5.41) is 0. The van der Waals surface area contributed by atoms with Gasteiger partial charge in [-0.05, 0) is 31.2 Å². The second-order valence-electron chi connectivity index (χ2n) is 3.39. The Bertz CT molecular complexity index is 363. The number of benzene rings is 1. The lowest BCUT2D eigenvalue weighted by molar-refractivity contribution is 0.0980. The Hall–Kier alpha value is -1.55. The molecule has 0 aliphatic heterocycles. The summed E-state index contributed by atoms with van der Waals surface area (Å²) >= 11 is 0. The van der Waals surface area contributed by atoms with Crippen LogP contribution in [0.4, 0.5) is 0 Å². The third-order valence-electron chi connectivity index (χ3n) is 2.31. The molecule has 0 fully saturated rings. The summed E-state index contributed by atoms with van der Waals surface area (Å²) in [6.45, 7) is 0.527. The molecule has 0 unspecified atom stereocenters. The highest BCUT2D eigenvalue weighted by Crippen LogP contribution is 2.27. The highest BCUT2D eigenvalue weighted by molar-refractivity contribution is 5.96. The number of Topliss-reactive ketones (excluding diaryl/α,β-unsaturated/α-hetero) is 1. The minimum absolute atomic E-state index is 0.0754. The van der Waals surface area contributed by atoms with Gasteiger partial charge in [-0.15, -0.1) is 0 Å². The van der Waals surface area contributed by atoms with Gasteiger partial charge in [0.2, 0.25) is 0 Å². The molecule has 4 heteroatoms. The number of ether oxygens (including phenoxy) is 2. The van der Waals surface area contributed by atoms with Gasteiger partial charge in [-0.2, -0.15) is 0 Å². The zero-order chi connectivity index (χ0) is 12.0. The van der Waals surface area contributed by atoms with Gasteiger partial charge < -0.3 is 15.2 Å². The van der Waals surface area contributed by atoms with Crippen molar-refractivity contribution in [2.75, 3.05) is 20.8 Å². The van der Waals surface area contributed by atoms with E-state index in [1.807, 2.05) is 0 Å². The van der Waals surface area contributed by atoms with Crippen LogP contribution in [0.15, 0.2) is 18.2 Å². The SMILES string of the molecule is COc1ccc(C(=O)CCCN)cc1OC. The summed E-state index contributed by atoms with van der Waals surface area (Å²) in [6, 6.07) is 5.16. The number of hydrogen-bond acceptors (Lipinski definition) is 4. The molecular formula is C12H17NO3. The van der Waals surface area contributed by atoms with Gasteiger partial charge in [-0.25, -0.2) is 0 Å². The van der Waals surface area contributed by atoms with Crippen molar-refractivity contribution < 1.29 is 14.3 Å². The third-order valence-corrected chi connectivity index (χ3v) is 2.31. The molecule has 16 heavy (non-hydrogen) atoms. The molecule has 0 saturated carbocycles. The van der Waals surface area contributed by atoms with Crippen LogP contribution in [-0.2, 0) is 0 Å². The van der Waals surface area contributed by atoms with Crippen molar-refractivity contribution >= 4 is 5.78 Å². The van der Waals surface area contributed by atoms with Gasteiger partial charge in [0.05, 0.1) is 14.2 Å². The Morgan fingerprint density at radius 2 is 1.94 bits per heavy atom. The normalized spacial score (nSPS) is 9.94. The Morgan fingerprint density at radius 1 is 1.25 bits per heavy atom. The van der Waals surface area contributed by atoms with Crippen LogP contribution < -0.4 is 15.2 Å². The molecule has 0 aliphatic rings. The Kier molecular flexibility index (Phi) is 4.79. The van der Waals surface area contributed by atoms with Gasteiger partial charge in [0, 0.05) is 12.0 Å². The smallest absolute Gasteiger partial charge is 0.163 e. The molecule has 0 amide bonds. The standard InChI is InChI=1S/C12H17NO3/c1-15-11-6-5-9(8-12(11)16-2)10(14)4-3-7-13/h5-6,8H,3-4,7,13H2,1-2H3. The van der Waals surface area contributed by atoms with Crippen molar-refractivity contribution in [3.05, 3.63) is 23.8 Å². The van der Waals surface area contributed by atoms with E-state index < -0.39 is 0 Å². The summed E-state index contributed by atoms with van der Waals surface area (Å²) in [5.74, 6) is 1.27. The third kappa shape index (κ3) is 2.97. The fraction of sp³-hybridized carbons (Fsp3) is 0.417. The molecule has 0 radical (unpaired) electrons. The van der Waals surface area contributed by atoms with Crippen molar-refractivity contribution in [1.29, 1.82) is 0 Å². The van der Waals surface area contributed by atoms with Crippen molar-refractivity contribution in [2.24, 2.45) is 5.73 Å². The average molecular weight is 223 g/mol. The Labute approximate surface area is 95.3 Å². The van der Waals surface area contributed by atoms with E-state index in [1.54, 1.807) is 32.4 Å². The lowest BCUT2D eigenvalue weighted by Gasteiger charge is -2.08. The monoisotopic (exact) mass is 223 g/mol. The van der Waals surface area contributed by atoms with E-state index in [2.05, 4.69) is 0 Å². The number of carbonyl (C=O) groups excluding carboxylic acids is 1. The highest BCUT2D eigenvalue weighted by Gasteiger charge is 2.09. The van der Waals surface area contributed by atoms with Gasteiger partial charge >= 0.3 is 0 Å². The fourth-order valence-electron chi connectivity index (χ4n) is 1.42. The van der Waals surface area contributed by atoms with E-state index >= 15 is 0 Å². The van der Waals surface area contributed by atoms with Crippen molar-refractivity contribution in [2.45, 2.75) is 12.8 Å². The first-order chi connectivity index (χ1) is 7.72. The van der Waals surface area contributed by atoms with Crippen LogP contribution in [0.1, 0.15) is 23.2 Å². The van der Waals surface area contributed by atoms with Crippen LogP contribution >= 0.6 is 0 Å². The molecular weight excluding hydrogens is 206 g/mol. The second kappa shape index (κ2) is 6.12. The van der Waals surface area contributed by atoms with Gasteiger partial charge in [0.25, 0.3) is 0 Å². The van der Waals surface area contributed by atoms with E-state index in [4.69, 9.17) is 15.2 Å². The van der Waals surface area contributed by atoms with Gasteiger partial charge in [-0.3, -0.25) is 4.79 Å². The van der Waals surface area contributed by atoms with E-state index in [-0.39, 0.29) is 5.78 Å². The molecule has 0 heterocycles. The van der Waals surface area contributed by atoms with Crippen LogP contribution in [0.25, 0.3) is 0 Å². The van der Waals surface area contributed by atoms with Gasteiger partial charge in [0.15, 0.2) is 17.3 Å². The maximum atomic E-state index is 11.7. The largest absolute Gasteiger partial charge is 0.493 e. The van der Waals surface area contributed by atoms with E-state index in [0.717, 1.165) is 0 Å². The topological polar surface area (TPSA) is 61.5 Å². The molecule has 0 saturated heterocycles. The quantitative estimate of drug-likeness (QED) is 0.744. The molecule has 1 rings (SSSR count). The Morgan fingerprint density at radius 3 is 2.50 bits per heavy atom. The molecule has 0 aliphatic carbocycles. The molecule has 1 aromatic carbocycles. The minimum Gasteiger partial charge on any atom is -0.493 e. The summed E-state index contributed by atoms with van der Waals surface area (Å²) in [6.07, 6.45) is 1.17. The number of nitrogens with two attached hydrogens (primary N) is 1. The first-order valence-corrected chi connectivity index (χ1v) is 5.18. The molecule has 88 valence electrons. The van der Waals surface area contributed by atoms with Crippen LogP contribution in [0.3, 0.4) is 0 Å². The maximum absolute atomic E-state index is 11.7. The van der Waals surface area contributed by atoms with Gasteiger partial charge in [-0.1, -0.05) is 0 Å². The van der Waals surface area contributed by atoms with E-state index in [0.29, 0.717) is 36.4 Å². The molecule has 4 nitrogen and oxygen atoms in total. The zero-order valence-corrected chi connectivity index (χ0v) is 9.66. The molecule has 0 atom stereocenters. The number of carbonyl (C=O) groups is 1. The summed E-state index contributed by atoms with van der Waals surface area (Å²) in [7, 11) is 3.11. The summed E-state index contributed by atoms with van der Waals surface area (Å²) < 4.78 is 10.2. The van der Waals surface area contributed by atoms with Crippen molar-refractivity contribution in [1.82, 2.24) is 0 Å². The Balaban J connectivity index is 2.85. The molecule has 0 spiro atoms. The maximum Gasteiger partial charge on any atom is 0.163 e. The van der Waals surface area contributed by atoms with Crippen LogP contribution in [-0.4, -0.2) is 26.5 Å². The number of ketones is 1. The summed E-state index contributed by atoms with van der Waals surface area (Å²) in [4.78, 5) is 11.7. The fourth-order valence-corrected chi connectivity index (χ4v) is 1.42. The van der Waals surface area contributed by atoms with Crippen molar-refractivity contribution in [3.8, 4) is 11.5 Å². The lowest BCUT2D eigenvalue weighted by atomic mass is 10.1. The molecule has 0 bridgehead atoms. The lowest BCUT2D eigenvalue weighted by Crippen LogP contribution is -2.05. The van der Waals surface area contributed by atoms with Gasteiger partial charge in [0.1, 0.15) is 0 Å². The first kappa shape index (κ1) is 12.5. The second-order valence-corrected chi connectivity index (χ2v) is 3.39. The highest BCUT2D eigenvalue weighted by atomic mass is 16.5. The van der Waals surface area contributed by atoms with E-state index in [9.17, 15) is 4.79 Å². The van der Waals surface area contributed by atoms with Crippen LogP contribution in [0, 0.1) is 0 Å². The molecule has 1 aromatic rings. The van der Waals surface area contributed by atoms with Crippen LogP contribution in [0.2, 0.25) is 0 Å². The first-order valence-electron chi connectivity index (χ1n) is 5.18. The van der Waals surface area contributed by atoms with Crippen LogP contribution in [0.5, 0.6) is 11.5 Å². The number of methoxy groups -OCH3 is 2. The average Bonchev–Trinajstić information content (AvgIpc) is 2.34. The zero-order valence-electron chi connectivity index (χ0n) is 9.66. The summed E-state index contributed by atoms with van der Waals surface area (Å²) in [5.41, 5.74) is 5.99. The van der Waals surface area contributed by atoms with Crippen molar-refractivity contribution in [3.63, 3.8) is 0 Å². The number of hydrogen-bond donors (Lipinski definition) is 1. The predicted molar refractivity (Wildman–Crippen MR) is 62.2 cm³/mol. The minimum atomic E-state index is 0.0754. The number of rotatable bonds is 6.